The van der Waals surface area contributed by atoms with Crippen LogP contribution in [-0.4, -0.2) is 4.98 Å². The van der Waals surface area contributed by atoms with Crippen molar-refractivity contribution in [1.82, 2.24) is 4.98 Å². The first kappa shape index (κ1) is 7.66. The molecule has 11 heavy (non-hydrogen) atoms. The Morgan fingerprint density at radius 2 is 2.45 bits per heavy atom. The lowest BCUT2D eigenvalue weighted by atomic mass is 10.3. The first-order valence-corrected chi connectivity index (χ1v) is 3.04. The molecule has 0 aliphatic rings. The highest BCUT2D eigenvalue weighted by atomic mass is 16.6. The predicted molar refractivity (Wildman–Crippen MR) is 37.9 cm³/mol. The van der Waals surface area contributed by atoms with Crippen LogP contribution in [-0.2, 0) is 11.4 Å². The van der Waals surface area contributed by atoms with Gasteiger partial charge in [-0.2, -0.15) is 5.26 Å². The maximum atomic E-state index is 8.45. The summed E-state index contributed by atoms with van der Waals surface area (Å²) >= 11 is 0. The molecule has 0 amide bonds. The van der Waals surface area contributed by atoms with Crippen molar-refractivity contribution in [2.24, 2.45) is 5.90 Å². The second-order valence-electron chi connectivity index (χ2n) is 1.94. The number of hydrogen-bond donors (Lipinski definition) is 1. The van der Waals surface area contributed by atoms with Crippen LogP contribution < -0.4 is 5.90 Å². The first-order chi connectivity index (χ1) is 5.36. The molecule has 56 valence electrons. The lowest BCUT2D eigenvalue weighted by molar-refractivity contribution is 0.121. The Bertz CT molecular complexity index is 279. The highest BCUT2D eigenvalue weighted by Gasteiger charge is 1.94. The van der Waals surface area contributed by atoms with Crippen LogP contribution in [0, 0.1) is 11.3 Å². The quantitative estimate of drug-likeness (QED) is 0.615. The third-order valence-electron chi connectivity index (χ3n) is 1.15. The Labute approximate surface area is 64.2 Å². The molecule has 1 aromatic heterocycles. The minimum absolute atomic E-state index is 0.232. The summed E-state index contributed by atoms with van der Waals surface area (Å²) in [5.74, 6) is 4.83. The fraction of sp³-hybridized carbons (Fsp3) is 0.143. The molecule has 0 unspecified atom stereocenters. The third kappa shape index (κ3) is 2.00. The van der Waals surface area contributed by atoms with E-state index in [9.17, 15) is 0 Å². The fourth-order valence-corrected chi connectivity index (χ4v) is 0.708. The maximum Gasteiger partial charge on any atom is 0.140 e. The normalized spacial score (nSPS) is 9.09. The summed E-state index contributed by atoms with van der Waals surface area (Å²) in [6.07, 6.45) is 0. The monoisotopic (exact) mass is 149 g/mol. The van der Waals surface area contributed by atoms with Gasteiger partial charge in [-0.05, 0) is 12.1 Å². The Hall–Kier alpha value is -1.44. The van der Waals surface area contributed by atoms with E-state index in [0.717, 1.165) is 0 Å². The van der Waals surface area contributed by atoms with Crippen LogP contribution in [0.3, 0.4) is 0 Å². The summed E-state index contributed by atoms with van der Waals surface area (Å²) in [7, 11) is 0. The Morgan fingerprint density at radius 3 is 3.09 bits per heavy atom. The van der Waals surface area contributed by atoms with Crippen molar-refractivity contribution >= 4 is 0 Å². The van der Waals surface area contributed by atoms with E-state index in [2.05, 4.69) is 9.82 Å². The summed E-state index contributed by atoms with van der Waals surface area (Å²) in [4.78, 5) is 8.27. The maximum absolute atomic E-state index is 8.45. The van der Waals surface area contributed by atoms with Crippen LogP contribution in [0.4, 0.5) is 0 Å². The van der Waals surface area contributed by atoms with Crippen LogP contribution in [0.15, 0.2) is 18.2 Å². The van der Waals surface area contributed by atoms with E-state index < -0.39 is 0 Å². The van der Waals surface area contributed by atoms with Crippen molar-refractivity contribution in [2.45, 2.75) is 6.61 Å². The van der Waals surface area contributed by atoms with Gasteiger partial charge in [0, 0.05) is 0 Å². The number of nitriles is 1. The lowest BCUT2D eigenvalue weighted by Crippen LogP contribution is -2.01. The molecule has 0 atom stereocenters. The van der Waals surface area contributed by atoms with Gasteiger partial charge in [-0.15, -0.1) is 0 Å². The van der Waals surface area contributed by atoms with Gasteiger partial charge in [-0.25, -0.2) is 10.9 Å². The molecule has 2 N–H and O–H groups in total. The molecule has 0 saturated heterocycles. The summed E-state index contributed by atoms with van der Waals surface area (Å²) in [5, 5.41) is 8.45. The van der Waals surface area contributed by atoms with Crippen molar-refractivity contribution in [3.05, 3.63) is 29.6 Å². The number of aromatic nitrogens is 1. The molecule has 0 radical (unpaired) electrons. The van der Waals surface area contributed by atoms with Gasteiger partial charge in [0.25, 0.3) is 0 Å². The van der Waals surface area contributed by atoms with Crippen molar-refractivity contribution in [2.75, 3.05) is 0 Å². The van der Waals surface area contributed by atoms with E-state index in [1.165, 1.54) is 0 Å². The predicted octanol–water partition coefficient (Wildman–Crippen LogP) is 0.344. The van der Waals surface area contributed by atoms with Gasteiger partial charge in [0.1, 0.15) is 18.4 Å². The summed E-state index contributed by atoms with van der Waals surface area (Å²) < 4.78 is 0. The van der Waals surface area contributed by atoms with Gasteiger partial charge >= 0.3 is 0 Å². The van der Waals surface area contributed by atoms with E-state index in [-0.39, 0.29) is 6.61 Å². The van der Waals surface area contributed by atoms with E-state index in [1.54, 1.807) is 18.2 Å². The second-order valence-corrected chi connectivity index (χ2v) is 1.94. The zero-order valence-corrected chi connectivity index (χ0v) is 5.82. The van der Waals surface area contributed by atoms with Crippen molar-refractivity contribution in [1.29, 1.82) is 5.26 Å². The summed E-state index contributed by atoms with van der Waals surface area (Å²) in [5.41, 5.74) is 1.03. The lowest BCUT2D eigenvalue weighted by Gasteiger charge is -1.96. The molecule has 0 aliphatic heterocycles. The van der Waals surface area contributed by atoms with Crippen LogP contribution >= 0.6 is 0 Å². The van der Waals surface area contributed by atoms with Crippen molar-refractivity contribution in [3.8, 4) is 6.07 Å². The smallest absolute Gasteiger partial charge is 0.140 e. The third-order valence-corrected chi connectivity index (χ3v) is 1.15. The number of pyridine rings is 1. The van der Waals surface area contributed by atoms with Gasteiger partial charge in [0.15, 0.2) is 0 Å². The molecule has 0 saturated carbocycles. The average molecular weight is 149 g/mol. The Balaban J connectivity index is 2.85. The number of rotatable bonds is 2. The zero-order valence-electron chi connectivity index (χ0n) is 5.82. The van der Waals surface area contributed by atoms with Gasteiger partial charge in [0.2, 0.25) is 0 Å². The number of nitrogens with zero attached hydrogens (tertiary/aromatic N) is 2. The number of nitrogens with two attached hydrogens (primary N) is 1. The highest BCUT2D eigenvalue weighted by Crippen LogP contribution is 1.98. The Kier molecular flexibility index (Phi) is 2.55. The molecule has 0 fully saturated rings. The fourth-order valence-electron chi connectivity index (χ4n) is 0.708. The van der Waals surface area contributed by atoms with Gasteiger partial charge in [0.05, 0.1) is 5.69 Å². The molecular formula is C7H7N3O. The van der Waals surface area contributed by atoms with Crippen LogP contribution in [0.2, 0.25) is 0 Å². The van der Waals surface area contributed by atoms with E-state index in [1.807, 2.05) is 6.07 Å². The molecule has 1 heterocycles. The molecule has 1 aromatic rings. The minimum atomic E-state index is 0.232. The summed E-state index contributed by atoms with van der Waals surface area (Å²) in [6, 6.07) is 7.02. The van der Waals surface area contributed by atoms with E-state index in [4.69, 9.17) is 11.2 Å². The molecule has 4 heteroatoms. The molecule has 0 aliphatic carbocycles. The van der Waals surface area contributed by atoms with Crippen LogP contribution in [0.25, 0.3) is 0 Å². The SMILES string of the molecule is N#Cc1cccc(CON)n1. The molecule has 0 bridgehead atoms. The van der Waals surface area contributed by atoms with Crippen molar-refractivity contribution in [3.63, 3.8) is 0 Å². The largest absolute Gasteiger partial charge is 0.298 e. The highest BCUT2D eigenvalue weighted by molar-refractivity contribution is 5.21. The molecule has 1 rings (SSSR count). The van der Waals surface area contributed by atoms with Gasteiger partial charge in [-0.3, -0.25) is 4.84 Å². The van der Waals surface area contributed by atoms with E-state index >= 15 is 0 Å². The Morgan fingerprint density at radius 1 is 1.64 bits per heavy atom. The first-order valence-electron chi connectivity index (χ1n) is 3.04. The van der Waals surface area contributed by atoms with Crippen molar-refractivity contribution < 1.29 is 4.84 Å². The second kappa shape index (κ2) is 3.66. The molecule has 4 nitrogen and oxygen atoms in total. The van der Waals surface area contributed by atoms with Gasteiger partial charge < -0.3 is 0 Å². The zero-order chi connectivity index (χ0) is 8.10. The molecular weight excluding hydrogens is 142 g/mol. The summed E-state index contributed by atoms with van der Waals surface area (Å²) in [6.45, 7) is 0.232. The molecule has 0 spiro atoms. The van der Waals surface area contributed by atoms with Crippen LogP contribution in [0.5, 0.6) is 0 Å². The minimum Gasteiger partial charge on any atom is -0.298 e. The van der Waals surface area contributed by atoms with E-state index in [0.29, 0.717) is 11.4 Å². The topological polar surface area (TPSA) is 71.9 Å². The standard InChI is InChI=1S/C7H7N3O/c8-4-6-2-1-3-7(10-6)5-11-9/h1-3H,5,9H2. The van der Waals surface area contributed by atoms with Crippen LogP contribution in [0.1, 0.15) is 11.4 Å². The van der Waals surface area contributed by atoms with Gasteiger partial charge in [-0.1, -0.05) is 6.07 Å². The molecule has 0 aromatic carbocycles. The average Bonchev–Trinajstić information content (AvgIpc) is 2.06. The number of hydrogen-bond acceptors (Lipinski definition) is 4.